The van der Waals surface area contributed by atoms with Crippen LogP contribution < -0.4 is 5.32 Å². The molecule has 0 aliphatic carbocycles. The van der Waals surface area contributed by atoms with Crippen molar-refractivity contribution in [2.45, 2.75) is 25.8 Å². The summed E-state index contributed by atoms with van der Waals surface area (Å²) in [6.07, 6.45) is 4.26. The molecular formula is C15H19N3O4S. The Balaban J connectivity index is 1.63. The Morgan fingerprint density at radius 3 is 3.00 bits per heavy atom. The van der Waals surface area contributed by atoms with Crippen molar-refractivity contribution >= 4 is 15.7 Å². The number of hydrogen-bond donors (Lipinski definition) is 1. The van der Waals surface area contributed by atoms with Crippen molar-refractivity contribution in [3.8, 4) is 0 Å². The molecular weight excluding hydrogens is 318 g/mol. The van der Waals surface area contributed by atoms with E-state index in [0.717, 1.165) is 5.76 Å². The van der Waals surface area contributed by atoms with Gasteiger partial charge in [0.1, 0.15) is 5.76 Å². The van der Waals surface area contributed by atoms with E-state index in [1.54, 1.807) is 23.9 Å². The van der Waals surface area contributed by atoms with Gasteiger partial charge in [-0.25, -0.2) is 8.42 Å². The number of nitrogens with zero attached hydrogens (tertiary/aromatic N) is 2. The average molecular weight is 337 g/mol. The van der Waals surface area contributed by atoms with E-state index in [4.69, 9.17) is 4.42 Å². The Bertz CT molecular complexity index is 793. The van der Waals surface area contributed by atoms with Crippen LogP contribution in [0.5, 0.6) is 0 Å². The van der Waals surface area contributed by atoms with E-state index in [-0.39, 0.29) is 23.5 Å². The topological polar surface area (TPSA) is 94.2 Å². The predicted molar refractivity (Wildman–Crippen MR) is 84.0 cm³/mol. The molecule has 2 aromatic heterocycles. The number of rotatable bonds is 5. The van der Waals surface area contributed by atoms with Crippen molar-refractivity contribution in [3.05, 3.63) is 41.6 Å². The molecule has 0 spiro atoms. The number of aromatic nitrogens is 2. The van der Waals surface area contributed by atoms with Gasteiger partial charge in [-0.15, -0.1) is 0 Å². The standard InChI is InChI=1S/C15H19N3O4S/c1-11-14(15(19)16-6-4-13-3-2-7-22-13)9-17-18(11)12-5-8-23(20,21)10-12/h2-3,7,9,12H,4-6,8,10H2,1H3,(H,16,19)/t12-/m0/s1. The zero-order chi connectivity index (χ0) is 16.4. The fourth-order valence-electron chi connectivity index (χ4n) is 2.83. The Morgan fingerprint density at radius 1 is 1.52 bits per heavy atom. The second-order valence-corrected chi connectivity index (χ2v) is 7.96. The highest BCUT2D eigenvalue weighted by Gasteiger charge is 2.31. The molecule has 0 aromatic carbocycles. The normalized spacial score (nSPS) is 19.8. The summed E-state index contributed by atoms with van der Waals surface area (Å²) >= 11 is 0. The summed E-state index contributed by atoms with van der Waals surface area (Å²) in [6.45, 7) is 2.26. The van der Waals surface area contributed by atoms with E-state index in [9.17, 15) is 13.2 Å². The second-order valence-electron chi connectivity index (χ2n) is 5.73. The number of nitrogens with one attached hydrogen (secondary N) is 1. The first-order valence-corrected chi connectivity index (χ1v) is 9.33. The van der Waals surface area contributed by atoms with Crippen LogP contribution in [-0.2, 0) is 16.3 Å². The Kier molecular flexibility index (Phi) is 4.25. The SMILES string of the molecule is Cc1c(C(=O)NCCc2ccco2)cnn1[C@H]1CCS(=O)(=O)C1. The monoisotopic (exact) mass is 337 g/mol. The summed E-state index contributed by atoms with van der Waals surface area (Å²) in [5.41, 5.74) is 1.18. The zero-order valence-electron chi connectivity index (χ0n) is 12.9. The molecule has 0 bridgehead atoms. The maximum absolute atomic E-state index is 12.2. The molecule has 1 N–H and O–H groups in total. The van der Waals surface area contributed by atoms with E-state index < -0.39 is 9.84 Å². The molecule has 1 aliphatic heterocycles. The number of amides is 1. The highest BCUT2D eigenvalue weighted by atomic mass is 32.2. The molecule has 7 nitrogen and oxygen atoms in total. The molecule has 2 aromatic rings. The van der Waals surface area contributed by atoms with Crippen molar-refractivity contribution < 1.29 is 17.6 Å². The summed E-state index contributed by atoms with van der Waals surface area (Å²) < 4.78 is 30.1. The van der Waals surface area contributed by atoms with Crippen LogP contribution in [0.3, 0.4) is 0 Å². The highest BCUT2D eigenvalue weighted by Crippen LogP contribution is 2.25. The van der Waals surface area contributed by atoms with Crippen LogP contribution in [-0.4, -0.2) is 42.2 Å². The van der Waals surface area contributed by atoms with Crippen LogP contribution in [0.4, 0.5) is 0 Å². The number of carbonyl (C=O) groups excluding carboxylic acids is 1. The van der Waals surface area contributed by atoms with Gasteiger partial charge in [0, 0.05) is 18.7 Å². The van der Waals surface area contributed by atoms with Gasteiger partial charge in [-0.3, -0.25) is 9.48 Å². The molecule has 3 rings (SSSR count). The summed E-state index contributed by atoms with van der Waals surface area (Å²) in [4.78, 5) is 12.2. The Labute approximate surface area is 134 Å². The van der Waals surface area contributed by atoms with Gasteiger partial charge >= 0.3 is 0 Å². The Hall–Kier alpha value is -2.09. The lowest BCUT2D eigenvalue weighted by molar-refractivity contribution is 0.0953. The summed E-state index contributed by atoms with van der Waals surface area (Å²) in [6, 6.07) is 3.49. The van der Waals surface area contributed by atoms with E-state index in [0.29, 0.717) is 30.6 Å². The fourth-order valence-corrected chi connectivity index (χ4v) is 4.52. The van der Waals surface area contributed by atoms with Crippen molar-refractivity contribution in [2.75, 3.05) is 18.1 Å². The molecule has 23 heavy (non-hydrogen) atoms. The molecule has 0 saturated carbocycles. The third-order valence-electron chi connectivity index (χ3n) is 4.08. The predicted octanol–water partition coefficient (Wildman–Crippen LogP) is 1.12. The quantitative estimate of drug-likeness (QED) is 0.882. The molecule has 0 radical (unpaired) electrons. The number of sulfone groups is 1. The van der Waals surface area contributed by atoms with E-state index >= 15 is 0 Å². The van der Waals surface area contributed by atoms with Gasteiger partial charge in [-0.1, -0.05) is 0 Å². The second kappa shape index (κ2) is 6.19. The first-order chi connectivity index (χ1) is 11.0. The van der Waals surface area contributed by atoms with Crippen LogP contribution in [0.15, 0.2) is 29.0 Å². The zero-order valence-corrected chi connectivity index (χ0v) is 13.7. The fraction of sp³-hybridized carbons (Fsp3) is 0.467. The van der Waals surface area contributed by atoms with E-state index in [1.165, 1.54) is 6.20 Å². The van der Waals surface area contributed by atoms with Crippen molar-refractivity contribution in [3.63, 3.8) is 0 Å². The highest BCUT2D eigenvalue weighted by molar-refractivity contribution is 7.91. The van der Waals surface area contributed by atoms with Gasteiger partial charge in [0.25, 0.3) is 5.91 Å². The van der Waals surface area contributed by atoms with Gasteiger partial charge < -0.3 is 9.73 Å². The van der Waals surface area contributed by atoms with Crippen molar-refractivity contribution in [2.24, 2.45) is 0 Å². The van der Waals surface area contributed by atoms with Crippen LogP contribution in [0, 0.1) is 6.92 Å². The minimum absolute atomic E-state index is 0.0923. The minimum Gasteiger partial charge on any atom is -0.469 e. The first-order valence-electron chi connectivity index (χ1n) is 7.51. The van der Waals surface area contributed by atoms with E-state index in [1.807, 2.05) is 6.07 Å². The van der Waals surface area contributed by atoms with Crippen LogP contribution in [0.1, 0.15) is 34.3 Å². The van der Waals surface area contributed by atoms with Gasteiger partial charge in [-0.05, 0) is 25.5 Å². The lowest BCUT2D eigenvalue weighted by Crippen LogP contribution is -2.26. The van der Waals surface area contributed by atoms with Gasteiger partial charge in [0.05, 0.1) is 35.6 Å². The van der Waals surface area contributed by atoms with Crippen LogP contribution >= 0.6 is 0 Å². The molecule has 1 fully saturated rings. The molecule has 124 valence electrons. The largest absolute Gasteiger partial charge is 0.469 e. The molecule has 3 heterocycles. The molecule has 1 atom stereocenters. The van der Waals surface area contributed by atoms with Crippen molar-refractivity contribution in [1.82, 2.24) is 15.1 Å². The van der Waals surface area contributed by atoms with E-state index in [2.05, 4.69) is 10.4 Å². The minimum atomic E-state index is -2.98. The average Bonchev–Trinajstić information content (AvgIpc) is 3.19. The van der Waals surface area contributed by atoms with Crippen molar-refractivity contribution in [1.29, 1.82) is 0 Å². The van der Waals surface area contributed by atoms with Gasteiger partial charge in [-0.2, -0.15) is 5.10 Å². The summed E-state index contributed by atoms with van der Waals surface area (Å²) in [5.74, 6) is 0.881. The number of hydrogen-bond acceptors (Lipinski definition) is 5. The first kappa shape index (κ1) is 15.8. The molecule has 1 amide bonds. The molecule has 1 saturated heterocycles. The number of furan rings is 1. The third kappa shape index (κ3) is 3.47. The lowest BCUT2D eigenvalue weighted by Gasteiger charge is -2.11. The summed E-state index contributed by atoms with van der Waals surface area (Å²) in [5, 5.41) is 7.04. The Morgan fingerprint density at radius 2 is 2.35 bits per heavy atom. The third-order valence-corrected chi connectivity index (χ3v) is 5.83. The smallest absolute Gasteiger partial charge is 0.254 e. The molecule has 1 aliphatic rings. The summed E-state index contributed by atoms with van der Waals surface area (Å²) in [7, 11) is -2.98. The molecule has 0 unspecified atom stereocenters. The van der Waals surface area contributed by atoms with Crippen LogP contribution in [0.2, 0.25) is 0 Å². The van der Waals surface area contributed by atoms with Gasteiger partial charge in [0.15, 0.2) is 9.84 Å². The maximum Gasteiger partial charge on any atom is 0.254 e. The lowest BCUT2D eigenvalue weighted by atomic mass is 10.2. The number of carbonyl (C=O) groups is 1. The van der Waals surface area contributed by atoms with Gasteiger partial charge in [0.2, 0.25) is 0 Å². The maximum atomic E-state index is 12.2. The van der Waals surface area contributed by atoms with Crippen LogP contribution in [0.25, 0.3) is 0 Å². The molecule has 8 heteroatoms.